The van der Waals surface area contributed by atoms with Crippen LogP contribution >= 0.6 is 11.6 Å². The minimum Gasteiger partial charge on any atom is -0.375 e. The van der Waals surface area contributed by atoms with Gasteiger partial charge in [0.25, 0.3) is 0 Å². The fourth-order valence-electron chi connectivity index (χ4n) is 2.90. The van der Waals surface area contributed by atoms with Gasteiger partial charge in [0.15, 0.2) is 5.60 Å². The van der Waals surface area contributed by atoms with Gasteiger partial charge in [0.1, 0.15) is 13.1 Å². The molecule has 0 aromatic heterocycles. The number of rotatable bonds is 6. The van der Waals surface area contributed by atoms with Crippen LogP contribution in [0.4, 0.5) is 0 Å². The van der Waals surface area contributed by atoms with Crippen molar-refractivity contribution in [1.29, 1.82) is 0 Å². The Morgan fingerprint density at radius 1 is 0.750 bits per heavy atom. The summed E-state index contributed by atoms with van der Waals surface area (Å²) in [5, 5.41) is 14.3. The lowest BCUT2D eigenvalue weighted by molar-refractivity contribution is -0.682. The molecule has 3 aromatic rings. The van der Waals surface area contributed by atoms with Gasteiger partial charge >= 0.3 is 0 Å². The first-order valence-electron chi connectivity index (χ1n) is 8.08. The van der Waals surface area contributed by atoms with E-state index in [1.54, 1.807) is 0 Å². The van der Waals surface area contributed by atoms with Crippen molar-refractivity contribution in [3.05, 3.63) is 107 Å². The van der Waals surface area contributed by atoms with E-state index in [1.807, 2.05) is 72.8 Å². The van der Waals surface area contributed by atoms with Crippen LogP contribution in [-0.4, -0.2) is 11.7 Å². The molecular weight excluding hydrogens is 318 g/mol. The average Bonchev–Trinajstić information content (AvgIpc) is 2.64. The highest BCUT2D eigenvalue weighted by molar-refractivity contribution is 6.30. The minimum absolute atomic E-state index is 0.535. The lowest BCUT2D eigenvalue weighted by Crippen LogP contribution is -2.86. The smallest absolute Gasteiger partial charge is 0.163 e. The van der Waals surface area contributed by atoms with Gasteiger partial charge in [-0.1, -0.05) is 84.4 Å². The van der Waals surface area contributed by atoms with Crippen LogP contribution in [0.2, 0.25) is 5.02 Å². The summed E-state index contributed by atoms with van der Waals surface area (Å²) in [6, 6.07) is 27.5. The fraction of sp³-hybridized carbons (Fsp3) is 0.143. The van der Waals surface area contributed by atoms with Crippen LogP contribution in [-0.2, 0) is 12.1 Å². The summed E-state index contributed by atoms with van der Waals surface area (Å²) in [4.78, 5) is 0. The zero-order chi connectivity index (χ0) is 16.8. The van der Waals surface area contributed by atoms with Gasteiger partial charge < -0.3 is 10.4 Å². The molecule has 0 heterocycles. The highest BCUT2D eigenvalue weighted by Crippen LogP contribution is 2.29. The second-order valence-corrected chi connectivity index (χ2v) is 6.35. The van der Waals surface area contributed by atoms with E-state index < -0.39 is 5.60 Å². The molecule has 0 saturated heterocycles. The Morgan fingerprint density at radius 3 is 1.92 bits per heavy atom. The van der Waals surface area contributed by atoms with Crippen LogP contribution in [0.3, 0.4) is 0 Å². The first-order valence-corrected chi connectivity index (χ1v) is 8.46. The molecule has 0 aliphatic heterocycles. The molecule has 0 unspecified atom stereocenters. The Hall–Kier alpha value is -2.13. The van der Waals surface area contributed by atoms with Crippen molar-refractivity contribution in [2.45, 2.75) is 12.1 Å². The van der Waals surface area contributed by atoms with E-state index in [0.29, 0.717) is 11.6 Å². The molecule has 2 nitrogen and oxygen atoms in total. The zero-order valence-electron chi connectivity index (χ0n) is 13.4. The van der Waals surface area contributed by atoms with Crippen molar-refractivity contribution in [2.75, 3.05) is 6.54 Å². The summed E-state index contributed by atoms with van der Waals surface area (Å²) < 4.78 is 0. The molecule has 0 radical (unpaired) electrons. The van der Waals surface area contributed by atoms with Crippen LogP contribution in [0.5, 0.6) is 0 Å². The maximum absolute atomic E-state index is 11.4. The van der Waals surface area contributed by atoms with Gasteiger partial charge in [0, 0.05) is 10.6 Å². The van der Waals surface area contributed by atoms with Crippen molar-refractivity contribution in [3.8, 4) is 0 Å². The van der Waals surface area contributed by atoms with E-state index in [2.05, 4.69) is 17.4 Å². The van der Waals surface area contributed by atoms with Crippen LogP contribution in [0.15, 0.2) is 84.9 Å². The molecule has 0 aliphatic rings. The van der Waals surface area contributed by atoms with E-state index in [-0.39, 0.29) is 0 Å². The molecule has 3 aromatic carbocycles. The third kappa shape index (κ3) is 3.85. The largest absolute Gasteiger partial charge is 0.375 e. The van der Waals surface area contributed by atoms with Crippen molar-refractivity contribution >= 4 is 11.6 Å². The number of hydrogen-bond donors (Lipinski definition) is 2. The highest BCUT2D eigenvalue weighted by atomic mass is 35.5. The van der Waals surface area contributed by atoms with E-state index in [4.69, 9.17) is 11.6 Å². The molecule has 122 valence electrons. The Kier molecular flexibility index (Phi) is 5.31. The van der Waals surface area contributed by atoms with Gasteiger partial charge in [-0.25, -0.2) is 0 Å². The summed E-state index contributed by atoms with van der Waals surface area (Å²) in [7, 11) is 0. The van der Waals surface area contributed by atoms with Crippen molar-refractivity contribution in [1.82, 2.24) is 0 Å². The average molecular weight is 339 g/mol. The molecular formula is C21H21ClNO+. The normalized spacial score (nSPS) is 13.4. The molecule has 0 fully saturated rings. The first kappa shape index (κ1) is 16.7. The van der Waals surface area contributed by atoms with Gasteiger partial charge in [-0.2, -0.15) is 0 Å². The zero-order valence-corrected chi connectivity index (χ0v) is 14.2. The Morgan fingerprint density at radius 2 is 1.29 bits per heavy atom. The quantitative estimate of drug-likeness (QED) is 0.710. The predicted octanol–water partition coefficient (Wildman–Crippen LogP) is 3.34. The summed E-state index contributed by atoms with van der Waals surface area (Å²) in [6.07, 6.45) is 0. The topological polar surface area (TPSA) is 36.8 Å². The number of aliphatic hydroxyl groups is 1. The fourth-order valence-corrected chi connectivity index (χ4v) is 3.03. The summed E-state index contributed by atoms with van der Waals surface area (Å²) in [5.41, 5.74) is 1.92. The van der Waals surface area contributed by atoms with Crippen LogP contribution < -0.4 is 5.32 Å². The molecule has 0 aliphatic carbocycles. The van der Waals surface area contributed by atoms with E-state index in [9.17, 15) is 5.11 Å². The lowest BCUT2D eigenvalue weighted by Gasteiger charge is -2.27. The maximum Gasteiger partial charge on any atom is 0.163 e. The second kappa shape index (κ2) is 7.63. The SMILES string of the molecule is O[C@](C[NH2+]Cc1ccccc1)(c1ccccc1)c1ccc(Cl)cc1. The summed E-state index contributed by atoms with van der Waals surface area (Å²) in [5.74, 6) is 0. The monoisotopic (exact) mass is 338 g/mol. The van der Waals surface area contributed by atoms with Crippen LogP contribution in [0.1, 0.15) is 16.7 Å². The summed E-state index contributed by atoms with van der Waals surface area (Å²) >= 11 is 6.00. The standard InChI is InChI=1S/C21H20ClNO/c22-20-13-11-19(12-14-20)21(24,18-9-5-2-6-10-18)16-23-15-17-7-3-1-4-8-17/h1-14,23-24H,15-16H2/p+1/t21-/m1/s1. The number of nitrogens with two attached hydrogens (primary N) is 1. The Bertz CT molecular complexity index is 759. The predicted molar refractivity (Wildman–Crippen MR) is 97.8 cm³/mol. The Labute approximate surface area is 147 Å². The third-order valence-corrected chi connectivity index (χ3v) is 4.49. The van der Waals surface area contributed by atoms with E-state index >= 15 is 0 Å². The second-order valence-electron chi connectivity index (χ2n) is 5.92. The van der Waals surface area contributed by atoms with Gasteiger partial charge in [-0.05, 0) is 23.3 Å². The van der Waals surface area contributed by atoms with Crippen molar-refractivity contribution < 1.29 is 10.4 Å². The maximum atomic E-state index is 11.4. The van der Waals surface area contributed by atoms with E-state index in [1.165, 1.54) is 5.56 Å². The number of benzene rings is 3. The summed E-state index contributed by atoms with van der Waals surface area (Å²) in [6.45, 7) is 1.36. The number of quaternary nitrogens is 1. The third-order valence-electron chi connectivity index (χ3n) is 4.24. The minimum atomic E-state index is -1.05. The lowest BCUT2D eigenvalue weighted by atomic mass is 9.86. The number of hydrogen-bond acceptors (Lipinski definition) is 1. The molecule has 1 atom stereocenters. The van der Waals surface area contributed by atoms with Gasteiger partial charge in [-0.3, -0.25) is 0 Å². The molecule has 3 rings (SSSR count). The van der Waals surface area contributed by atoms with Gasteiger partial charge in [0.05, 0.1) is 0 Å². The van der Waals surface area contributed by atoms with Gasteiger partial charge in [-0.15, -0.1) is 0 Å². The molecule has 0 spiro atoms. The van der Waals surface area contributed by atoms with Crippen LogP contribution in [0, 0.1) is 0 Å². The first-order chi connectivity index (χ1) is 11.7. The highest BCUT2D eigenvalue weighted by Gasteiger charge is 2.33. The molecule has 24 heavy (non-hydrogen) atoms. The van der Waals surface area contributed by atoms with E-state index in [0.717, 1.165) is 17.7 Å². The van der Waals surface area contributed by atoms with Crippen molar-refractivity contribution in [2.24, 2.45) is 0 Å². The molecule has 0 amide bonds. The van der Waals surface area contributed by atoms with Gasteiger partial charge in [0.2, 0.25) is 0 Å². The molecule has 0 saturated carbocycles. The molecule has 3 heteroatoms. The van der Waals surface area contributed by atoms with Crippen LogP contribution in [0.25, 0.3) is 0 Å². The molecule has 0 bridgehead atoms. The Balaban J connectivity index is 1.83. The van der Waals surface area contributed by atoms with Crippen molar-refractivity contribution in [3.63, 3.8) is 0 Å². The number of halogens is 1. The molecule has 3 N–H and O–H groups in total.